The Morgan fingerprint density at radius 3 is 2.37 bits per heavy atom. The Balaban J connectivity index is 1.86. The van der Waals surface area contributed by atoms with Crippen LogP contribution in [0.2, 0.25) is 0 Å². The van der Waals surface area contributed by atoms with Crippen LogP contribution in [0.5, 0.6) is 5.88 Å². The molecule has 2 aromatic heterocycles. The molecular weight excluding hydrogens is 502 g/mol. The highest BCUT2D eigenvalue weighted by Gasteiger charge is 2.32. The molecule has 198 valence electrons. The van der Waals surface area contributed by atoms with Crippen molar-refractivity contribution in [3.05, 3.63) is 100 Å². The molecule has 0 aliphatic heterocycles. The quantitative estimate of drug-likeness (QED) is 0.314. The van der Waals surface area contributed by atoms with Crippen molar-refractivity contribution in [3.8, 4) is 17.0 Å². The van der Waals surface area contributed by atoms with Crippen LogP contribution in [0, 0.1) is 6.92 Å². The summed E-state index contributed by atoms with van der Waals surface area (Å²) in [6, 6.07) is 18.5. The first-order valence-corrected chi connectivity index (χ1v) is 13.9. The maximum atomic E-state index is 13.9. The highest BCUT2D eigenvalue weighted by molar-refractivity contribution is 7.91. The van der Waals surface area contributed by atoms with Crippen LogP contribution in [0.25, 0.3) is 11.1 Å². The van der Waals surface area contributed by atoms with Gasteiger partial charge in [-0.05, 0) is 54.3 Å². The van der Waals surface area contributed by atoms with E-state index in [1.54, 1.807) is 18.3 Å². The third-order valence-electron chi connectivity index (χ3n) is 6.37. The Kier molecular flexibility index (Phi) is 8.38. The predicted molar refractivity (Wildman–Crippen MR) is 145 cm³/mol. The van der Waals surface area contributed by atoms with Gasteiger partial charge in [0.25, 0.3) is 5.56 Å². The largest absolute Gasteiger partial charge is 0.492 e. The molecule has 0 aliphatic carbocycles. The van der Waals surface area contributed by atoms with E-state index in [-0.39, 0.29) is 11.5 Å². The molecule has 0 spiro atoms. The number of sulfone groups is 1. The van der Waals surface area contributed by atoms with Crippen LogP contribution < -0.4 is 5.56 Å². The summed E-state index contributed by atoms with van der Waals surface area (Å²) in [5.41, 5.74) is 2.46. The van der Waals surface area contributed by atoms with Crippen LogP contribution in [0.15, 0.2) is 87.5 Å². The van der Waals surface area contributed by atoms with E-state index in [4.69, 9.17) is 4.74 Å². The van der Waals surface area contributed by atoms with Crippen molar-refractivity contribution in [2.24, 2.45) is 0 Å². The molecule has 1 N–H and O–H groups in total. The number of benzene rings is 2. The molecule has 0 bridgehead atoms. The summed E-state index contributed by atoms with van der Waals surface area (Å²) in [6.07, 6.45) is 3.63. The Bertz CT molecular complexity index is 1570. The standard InChI is InChI=1S/C29H31N3O5S/c1-4-5-11-26-31-28(33)27(29(34)32(26)25(19-37-3)22-9-7-6-8-10-22)38(35,36)24-14-12-21(13-15-24)23-16-17-30-20(2)18-23/h6-10,12-18,25,33H,4-5,11,19H2,1-3H3/t25-/m0/s1. The number of methoxy groups -OCH3 is 1. The molecule has 8 nitrogen and oxygen atoms in total. The molecular formula is C29H31N3O5S. The van der Waals surface area contributed by atoms with Crippen molar-refractivity contribution in [2.75, 3.05) is 13.7 Å². The first-order chi connectivity index (χ1) is 18.3. The second-order valence-electron chi connectivity index (χ2n) is 9.06. The van der Waals surface area contributed by atoms with Crippen LogP contribution >= 0.6 is 0 Å². The molecule has 0 fully saturated rings. The van der Waals surface area contributed by atoms with Gasteiger partial charge in [0.05, 0.1) is 17.5 Å². The van der Waals surface area contributed by atoms with Crippen LogP contribution in [0.4, 0.5) is 0 Å². The topological polar surface area (TPSA) is 111 Å². The number of aromatic hydroxyl groups is 1. The predicted octanol–water partition coefficient (Wildman–Crippen LogP) is 4.73. The molecule has 2 aromatic carbocycles. The summed E-state index contributed by atoms with van der Waals surface area (Å²) < 4.78 is 34.2. The van der Waals surface area contributed by atoms with Gasteiger partial charge in [0.1, 0.15) is 5.82 Å². The Morgan fingerprint density at radius 1 is 1.03 bits per heavy atom. The number of ether oxygens (including phenoxy) is 1. The number of nitrogens with zero attached hydrogens (tertiary/aromatic N) is 3. The summed E-state index contributed by atoms with van der Waals surface area (Å²) in [6.45, 7) is 4.00. The summed E-state index contributed by atoms with van der Waals surface area (Å²) in [5.74, 6) is -0.488. The Labute approximate surface area is 222 Å². The summed E-state index contributed by atoms with van der Waals surface area (Å²) in [4.78, 5) is 21.5. The lowest BCUT2D eigenvalue weighted by molar-refractivity contribution is 0.165. The lowest BCUT2D eigenvalue weighted by Gasteiger charge is -2.24. The van der Waals surface area contributed by atoms with Gasteiger partial charge in [-0.25, -0.2) is 8.42 Å². The van der Waals surface area contributed by atoms with Crippen molar-refractivity contribution in [1.29, 1.82) is 0 Å². The molecule has 1 atom stereocenters. The van der Waals surface area contributed by atoms with Crippen molar-refractivity contribution in [2.45, 2.75) is 48.9 Å². The maximum Gasteiger partial charge on any atom is 0.277 e. The fourth-order valence-electron chi connectivity index (χ4n) is 4.44. The smallest absolute Gasteiger partial charge is 0.277 e. The van der Waals surface area contributed by atoms with Gasteiger partial charge in [0.2, 0.25) is 15.7 Å². The molecule has 2 heterocycles. The molecule has 38 heavy (non-hydrogen) atoms. The van der Waals surface area contributed by atoms with E-state index in [1.807, 2.05) is 56.3 Å². The maximum absolute atomic E-state index is 13.9. The van der Waals surface area contributed by atoms with Crippen molar-refractivity contribution >= 4 is 9.84 Å². The van der Waals surface area contributed by atoms with E-state index in [1.165, 1.54) is 23.8 Å². The van der Waals surface area contributed by atoms with E-state index in [9.17, 15) is 18.3 Å². The molecule has 0 amide bonds. The number of hydrogen-bond acceptors (Lipinski definition) is 7. The van der Waals surface area contributed by atoms with Gasteiger partial charge in [-0.3, -0.25) is 14.3 Å². The van der Waals surface area contributed by atoms with Gasteiger partial charge in [-0.2, -0.15) is 4.98 Å². The van der Waals surface area contributed by atoms with Crippen molar-refractivity contribution in [3.63, 3.8) is 0 Å². The average Bonchev–Trinajstić information content (AvgIpc) is 2.91. The second kappa shape index (κ2) is 11.7. The van der Waals surface area contributed by atoms with Gasteiger partial charge >= 0.3 is 0 Å². The van der Waals surface area contributed by atoms with Gasteiger partial charge in [-0.15, -0.1) is 0 Å². The minimum absolute atomic E-state index is 0.114. The number of unbranched alkanes of at least 4 members (excludes halogenated alkanes) is 1. The first-order valence-electron chi connectivity index (χ1n) is 12.4. The number of pyridine rings is 1. The van der Waals surface area contributed by atoms with Crippen LogP contribution in [0.3, 0.4) is 0 Å². The minimum atomic E-state index is -4.40. The summed E-state index contributed by atoms with van der Waals surface area (Å²) >= 11 is 0. The number of hydrogen-bond donors (Lipinski definition) is 1. The lowest BCUT2D eigenvalue weighted by Crippen LogP contribution is -2.35. The zero-order chi connectivity index (χ0) is 27.3. The van der Waals surface area contributed by atoms with Crippen molar-refractivity contribution in [1.82, 2.24) is 14.5 Å². The van der Waals surface area contributed by atoms with E-state index < -0.39 is 32.2 Å². The monoisotopic (exact) mass is 533 g/mol. The average molecular weight is 534 g/mol. The van der Waals surface area contributed by atoms with Crippen molar-refractivity contribution < 1.29 is 18.3 Å². The lowest BCUT2D eigenvalue weighted by atomic mass is 10.1. The molecule has 4 aromatic rings. The molecule has 0 saturated heterocycles. The summed E-state index contributed by atoms with van der Waals surface area (Å²) in [5, 5.41) is 10.8. The Hall–Kier alpha value is -3.82. The Morgan fingerprint density at radius 2 is 1.74 bits per heavy atom. The zero-order valence-electron chi connectivity index (χ0n) is 21.7. The van der Waals surface area contributed by atoms with E-state index in [0.29, 0.717) is 18.7 Å². The molecule has 0 saturated carbocycles. The summed E-state index contributed by atoms with van der Waals surface area (Å²) in [7, 11) is -2.88. The SMILES string of the molecule is CCCCc1nc(O)c(S(=O)(=O)c2ccc(-c3ccnc(C)c3)cc2)c(=O)n1[C@@H](COC)c1ccccc1. The van der Waals surface area contributed by atoms with Crippen LogP contribution in [0.1, 0.15) is 42.9 Å². The van der Waals surface area contributed by atoms with E-state index in [2.05, 4.69) is 9.97 Å². The van der Waals surface area contributed by atoms with Gasteiger partial charge in [0, 0.05) is 25.4 Å². The molecule has 0 aliphatic rings. The highest BCUT2D eigenvalue weighted by Crippen LogP contribution is 2.29. The highest BCUT2D eigenvalue weighted by atomic mass is 32.2. The fraction of sp³-hybridized carbons (Fsp3) is 0.276. The molecule has 0 radical (unpaired) electrons. The first kappa shape index (κ1) is 27.2. The molecule has 4 rings (SSSR count). The number of aryl methyl sites for hydroxylation is 2. The third kappa shape index (κ3) is 5.54. The van der Waals surface area contributed by atoms with Crippen LogP contribution in [-0.4, -0.2) is 41.8 Å². The normalized spacial score (nSPS) is 12.4. The van der Waals surface area contributed by atoms with Gasteiger partial charge in [0.15, 0.2) is 4.90 Å². The van der Waals surface area contributed by atoms with Gasteiger partial charge in [-0.1, -0.05) is 55.8 Å². The fourth-order valence-corrected chi connectivity index (χ4v) is 5.78. The number of rotatable bonds is 10. The third-order valence-corrected chi connectivity index (χ3v) is 8.15. The second-order valence-corrected chi connectivity index (χ2v) is 10.9. The number of aromatic nitrogens is 3. The van der Waals surface area contributed by atoms with E-state index in [0.717, 1.165) is 28.8 Å². The van der Waals surface area contributed by atoms with Crippen LogP contribution in [-0.2, 0) is 21.0 Å². The molecule has 0 unspecified atom stereocenters. The zero-order valence-corrected chi connectivity index (χ0v) is 22.5. The van der Waals surface area contributed by atoms with E-state index >= 15 is 0 Å². The minimum Gasteiger partial charge on any atom is -0.492 e. The van der Waals surface area contributed by atoms with Gasteiger partial charge < -0.3 is 9.84 Å². The molecule has 9 heteroatoms.